The molecule has 2 rings (SSSR count). The molecule has 0 saturated carbocycles. The quantitative estimate of drug-likeness (QED) is 0.858. The maximum Gasteiger partial charge on any atom is 0.241 e. The summed E-state index contributed by atoms with van der Waals surface area (Å²) in [5, 5.41) is 6.31. The van der Waals surface area contributed by atoms with E-state index in [1.165, 1.54) is 17.0 Å². The number of nitrogens with one attached hydrogen (secondary N) is 1. The third-order valence-electron chi connectivity index (χ3n) is 3.07. The normalized spacial score (nSPS) is 10.4. The van der Waals surface area contributed by atoms with E-state index < -0.39 is 0 Å². The standard InChI is InChI=1S/C15H17FN4O3/c1-20(2)14(22)9-17-12(21)7-8-13-18-15(19-23-13)10-3-5-11(16)6-4-10/h3-6H,7-9H2,1-2H3,(H,17,21). The van der Waals surface area contributed by atoms with Crippen molar-refractivity contribution in [1.29, 1.82) is 0 Å². The van der Waals surface area contributed by atoms with Crippen LogP contribution in [0, 0.1) is 5.82 Å². The van der Waals surface area contributed by atoms with E-state index in [-0.39, 0.29) is 37.0 Å². The highest BCUT2D eigenvalue weighted by atomic mass is 19.1. The van der Waals surface area contributed by atoms with Crippen molar-refractivity contribution in [1.82, 2.24) is 20.4 Å². The molecule has 2 amide bonds. The maximum absolute atomic E-state index is 12.9. The molecule has 0 bridgehead atoms. The van der Waals surface area contributed by atoms with Crippen molar-refractivity contribution in [3.63, 3.8) is 0 Å². The van der Waals surface area contributed by atoms with E-state index in [4.69, 9.17) is 4.52 Å². The number of carbonyl (C=O) groups excluding carboxylic acids is 2. The van der Waals surface area contributed by atoms with Crippen molar-refractivity contribution in [2.45, 2.75) is 12.8 Å². The Morgan fingerprint density at radius 2 is 1.96 bits per heavy atom. The van der Waals surface area contributed by atoms with Crippen LogP contribution in [0.1, 0.15) is 12.3 Å². The van der Waals surface area contributed by atoms with Gasteiger partial charge >= 0.3 is 0 Å². The van der Waals surface area contributed by atoms with Gasteiger partial charge in [0.2, 0.25) is 23.5 Å². The molecule has 1 aromatic carbocycles. The van der Waals surface area contributed by atoms with Gasteiger partial charge in [0.1, 0.15) is 5.82 Å². The van der Waals surface area contributed by atoms with Crippen molar-refractivity contribution >= 4 is 11.8 Å². The summed E-state index contributed by atoms with van der Waals surface area (Å²) in [5.74, 6) is -0.167. The van der Waals surface area contributed by atoms with Crippen LogP contribution in [0.2, 0.25) is 0 Å². The second-order valence-corrected chi connectivity index (χ2v) is 5.08. The van der Waals surface area contributed by atoms with Gasteiger partial charge in [-0.15, -0.1) is 0 Å². The predicted octanol–water partition coefficient (Wildman–Crippen LogP) is 1.01. The van der Waals surface area contributed by atoms with Crippen LogP contribution < -0.4 is 5.32 Å². The topological polar surface area (TPSA) is 88.3 Å². The number of aryl methyl sites for hydroxylation is 1. The maximum atomic E-state index is 12.9. The van der Waals surface area contributed by atoms with Gasteiger partial charge in [0.15, 0.2) is 0 Å². The fourth-order valence-corrected chi connectivity index (χ4v) is 1.71. The summed E-state index contributed by atoms with van der Waals surface area (Å²) in [6.07, 6.45) is 0.391. The number of carbonyl (C=O) groups is 2. The summed E-state index contributed by atoms with van der Waals surface area (Å²) in [7, 11) is 3.23. The Hall–Kier alpha value is -2.77. The first-order valence-electron chi connectivity index (χ1n) is 7.01. The summed E-state index contributed by atoms with van der Waals surface area (Å²) in [5.41, 5.74) is 0.627. The monoisotopic (exact) mass is 320 g/mol. The SMILES string of the molecule is CN(C)C(=O)CNC(=O)CCc1nc(-c2ccc(F)cc2)no1. The zero-order chi connectivity index (χ0) is 16.8. The first-order chi connectivity index (χ1) is 11.0. The van der Waals surface area contributed by atoms with Gasteiger partial charge in [-0.3, -0.25) is 9.59 Å². The number of aromatic nitrogens is 2. The molecule has 8 heteroatoms. The molecule has 1 aromatic heterocycles. The molecule has 0 aliphatic rings. The number of hydrogen-bond donors (Lipinski definition) is 1. The van der Waals surface area contributed by atoms with Gasteiger partial charge in [-0.05, 0) is 24.3 Å². The summed E-state index contributed by atoms with van der Waals surface area (Å²) in [6, 6.07) is 5.70. The Kier molecular flexibility index (Phi) is 5.40. The minimum Gasteiger partial charge on any atom is -0.347 e. The Bertz CT molecular complexity index is 682. The molecule has 0 aliphatic carbocycles. The van der Waals surface area contributed by atoms with Gasteiger partial charge in [0.25, 0.3) is 0 Å². The summed E-state index contributed by atoms with van der Waals surface area (Å²) < 4.78 is 17.9. The first-order valence-corrected chi connectivity index (χ1v) is 7.01. The molecule has 0 saturated heterocycles. The number of halogens is 1. The Morgan fingerprint density at radius 1 is 1.26 bits per heavy atom. The molecular weight excluding hydrogens is 303 g/mol. The smallest absolute Gasteiger partial charge is 0.241 e. The van der Waals surface area contributed by atoms with Gasteiger partial charge in [-0.2, -0.15) is 4.98 Å². The van der Waals surface area contributed by atoms with Crippen molar-refractivity contribution < 1.29 is 18.5 Å². The predicted molar refractivity (Wildman–Crippen MR) is 79.7 cm³/mol. The van der Waals surface area contributed by atoms with Gasteiger partial charge in [-0.1, -0.05) is 5.16 Å². The number of likely N-dealkylation sites (N-methyl/N-ethyl adjacent to an activating group) is 1. The lowest BCUT2D eigenvalue weighted by Crippen LogP contribution is -2.36. The fraction of sp³-hybridized carbons (Fsp3) is 0.333. The van der Waals surface area contributed by atoms with E-state index in [9.17, 15) is 14.0 Å². The van der Waals surface area contributed by atoms with E-state index in [2.05, 4.69) is 15.5 Å². The zero-order valence-electron chi connectivity index (χ0n) is 12.9. The Morgan fingerprint density at radius 3 is 2.61 bits per heavy atom. The van der Waals surface area contributed by atoms with Crippen LogP contribution in [0.5, 0.6) is 0 Å². The molecule has 0 atom stereocenters. The van der Waals surface area contributed by atoms with Crippen molar-refractivity contribution in [2.75, 3.05) is 20.6 Å². The van der Waals surface area contributed by atoms with E-state index in [1.807, 2.05) is 0 Å². The highest BCUT2D eigenvalue weighted by Gasteiger charge is 2.12. The average Bonchev–Trinajstić information content (AvgIpc) is 3.00. The number of nitrogens with zero attached hydrogens (tertiary/aromatic N) is 3. The minimum absolute atomic E-state index is 0.0451. The molecule has 1 N–H and O–H groups in total. The zero-order valence-corrected chi connectivity index (χ0v) is 12.9. The fourth-order valence-electron chi connectivity index (χ4n) is 1.71. The van der Waals surface area contributed by atoms with Crippen molar-refractivity contribution in [3.8, 4) is 11.4 Å². The lowest BCUT2D eigenvalue weighted by molar-refractivity contribution is -0.130. The van der Waals surface area contributed by atoms with Gasteiger partial charge in [-0.25, -0.2) is 4.39 Å². The van der Waals surface area contributed by atoms with Crippen LogP contribution >= 0.6 is 0 Å². The highest BCUT2D eigenvalue weighted by Crippen LogP contribution is 2.16. The third-order valence-corrected chi connectivity index (χ3v) is 3.07. The lowest BCUT2D eigenvalue weighted by Gasteiger charge is -2.10. The summed E-state index contributed by atoms with van der Waals surface area (Å²) >= 11 is 0. The molecule has 0 spiro atoms. The Labute approximate surface area is 132 Å². The molecule has 0 unspecified atom stereocenters. The Balaban J connectivity index is 1.84. The molecule has 0 fully saturated rings. The third kappa shape index (κ3) is 4.87. The number of benzene rings is 1. The number of rotatable bonds is 6. The van der Waals surface area contributed by atoms with Crippen LogP contribution in [-0.4, -0.2) is 47.5 Å². The molecular formula is C15H17FN4O3. The molecule has 122 valence electrons. The van der Waals surface area contributed by atoms with E-state index in [0.29, 0.717) is 17.3 Å². The molecule has 1 heterocycles. The van der Waals surface area contributed by atoms with Gasteiger partial charge in [0, 0.05) is 32.5 Å². The van der Waals surface area contributed by atoms with E-state index >= 15 is 0 Å². The van der Waals surface area contributed by atoms with E-state index in [1.54, 1.807) is 26.2 Å². The first kappa shape index (κ1) is 16.6. The molecule has 2 aromatic rings. The van der Waals surface area contributed by atoms with Crippen LogP contribution in [0.4, 0.5) is 4.39 Å². The molecule has 0 aliphatic heterocycles. The minimum atomic E-state index is -0.346. The van der Waals surface area contributed by atoms with Crippen LogP contribution in [0.15, 0.2) is 28.8 Å². The van der Waals surface area contributed by atoms with Gasteiger partial charge in [0.05, 0.1) is 6.54 Å². The summed E-state index contributed by atoms with van der Waals surface area (Å²) in [6.45, 7) is -0.0451. The van der Waals surface area contributed by atoms with Crippen LogP contribution in [0.25, 0.3) is 11.4 Å². The van der Waals surface area contributed by atoms with Crippen molar-refractivity contribution in [3.05, 3.63) is 36.0 Å². The molecule has 7 nitrogen and oxygen atoms in total. The number of hydrogen-bond acceptors (Lipinski definition) is 5. The molecule has 0 radical (unpaired) electrons. The van der Waals surface area contributed by atoms with E-state index in [0.717, 1.165) is 0 Å². The summed E-state index contributed by atoms with van der Waals surface area (Å²) in [4.78, 5) is 28.5. The molecule has 23 heavy (non-hydrogen) atoms. The lowest BCUT2D eigenvalue weighted by atomic mass is 10.2. The van der Waals surface area contributed by atoms with Crippen molar-refractivity contribution in [2.24, 2.45) is 0 Å². The highest BCUT2D eigenvalue weighted by molar-refractivity contribution is 5.84. The second-order valence-electron chi connectivity index (χ2n) is 5.08. The van der Waals surface area contributed by atoms with Crippen LogP contribution in [0.3, 0.4) is 0 Å². The van der Waals surface area contributed by atoms with Gasteiger partial charge < -0.3 is 14.7 Å². The largest absolute Gasteiger partial charge is 0.347 e. The van der Waals surface area contributed by atoms with Crippen LogP contribution in [-0.2, 0) is 16.0 Å². The second kappa shape index (κ2) is 7.48. The number of amides is 2. The average molecular weight is 320 g/mol.